The van der Waals surface area contributed by atoms with Crippen molar-refractivity contribution >= 4 is 16.9 Å². The van der Waals surface area contributed by atoms with Gasteiger partial charge in [0, 0.05) is 5.56 Å². The fraction of sp³-hybridized carbons (Fsp3) is 0. The third-order valence-electron chi connectivity index (χ3n) is 2.95. The van der Waals surface area contributed by atoms with E-state index in [4.69, 9.17) is 5.26 Å². The summed E-state index contributed by atoms with van der Waals surface area (Å²) in [5.41, 5.74) is 5.40. The van der Waals surface area contributed by atoms with Gasteiger partial charge in [-0.05, 0) is 36.4 Å². The van der Waals surface area contributed by atoms with Gasteiger partial charge < -0.3 is 0 Å². The quantitative estimate of drug-likeness (QED) is 0.770. The van der Waals surface area contributed by atoms with E-state index in [0.29, 0.717) is 11.1 Å². The largest absolute Gasteiger partial charge is 0.270 e. The Balaban J connectivity index is 1.87. The number of nitrogens with one attached hydrogen (secondary N) is 1. The molecule has 2 aromatic carbocycles. The zero-order valence-electron chi connectivity index (χ0n) is 10.4. The van der Waals surface area contributed by atoms with Crippen LogP contribution in [0.3, 0.4) is 0 Å². The van der Waals surface area contributed by atoms with Crippen molar-refractivity contribution in [1.29, 1.82) is 5.26 Å². The number of carbonyl (C=O) groups excluding carboxylic acids is 1. The molecule has 5 nitrogen and oxygen atoms in total. The minimum Gasteiger partial charge on any atom is -0.267 e. The highest BCUT2D eigenvalue weighted by molar-refractivity contribution is 6.00. The lowest BCUT2D eigenvalue weighted by atomic mass is 10.1. The molecule has 96 valence electrons. The molecule has 0 saturated heterocycles. The van der Waals surface area contributed by atoms with E-state index in [1.54, 1.807) is 35.3 Å². The van der Waals surface area contributed by atoms with Crippen molar-refractivity contribution < 1.29 is 4.79 Å². The summed E-state index contributed by atoms with van der Waals surface area (Å²) in [4.78, 5) is 16.3. The van der Waals surface area contributed by atoms with E-state index < -0.39 is 0 Å². The average Bonchev–Trinajstić information content (AvgIpc) is 2.91. The second-order valence-corrected chi connectivity index (χ2v) is 4.23. The molecule has 3 rings (SSSR count). The molecule has 0 saturated carbocycles. The Kier molecular flexibility index (Phi) is 2.90. The summed E-state index contributed by atoms with van der Waals surface area (Å²) < 4.78 is 1.58. The Morgan fingerprint density at radius 1 is 1.15 bits per heavy atom. The number of hydrogen-bond donors (Lipinski definition) is 1. The minimum absolute atomic E-state index is 0.252. The Morgan fingerprint density at radius 2 is 1.90 bits per heavy atom. The van der Waals surface area contributed by atoms with Crippen LogP contribution in [0.1, 0.15) is 15.9 Å². The number of carbonyl (C=O) groups is 1. The lowest BCUT2D eigenvalue weighted by Gasteiger charge is -2.06. The third-order valence-corrected chi connectivity index (χ3v) is 2.95. The van der Waals surface area contributed by atoms with Crippen LogP contribution in [-0.2, 0) is 0 Å². The topological polar surface area (TPSA) is 70.7 Å². The van der Waals surface area contributed by atoms with E-state index in [9.17, 15) is 4.79 Å². The Bertz CT molecular complexity index is 812. The molecular weight excluding hydrogens is 252 g/mol. The molecule has 5 heteroatoms. The minimum atomic E-state index is -0.252. The van der Waals surface area contributed by atoms with Crippen molar-refractivity contribution in [3.63, 3.8) is 0 Å². The van der Waals surface area contributed by atoms with Crippen molar-refractivity contribution in [3.8, 4) is 6.07 Å². The van der Waals surface area contributed by atoms with E-state index in [1.165, 1.54) is 0 Å². The molecule has 0 fully saturated rings. The van der Waals surface area contributed by atoms with Gasteiger partial charge in [-0.3, -0.25) is 10.2 Å². The number of rotatable bonds is 2. The number of hydrogen-bond acceptors (Lipinski definition) is 3. The first-order valence-corrected chi connectivity index (χ1v) is 6.01. The summed E-state index contributed by atoms with van der Waals surface area (Å²) in [6, 6.07) is 16.0. The van der Waals surface area contributed by atoms with Crippen LogP contribution in [-0.4, -0.2) is 15.6 Å². The SMILES string of the molecule is N#Cc1ccc(C(=O)Nn2cnc3ccccc32)cc1. The average molecular weight is 262 g/mol. The third kappa shape index (κ3) is 2.10. The summed E-state index contributed by atoms with van der Waals surface area (Å²) in [7, 11) is 0. The normalized spacial score (nSPS) is 10.2. The van der Waals surface area contributed by atoms with Crippen LogP contribution < -0.4 is 5.43 Å². The van der Waals surface area contributed by atoms with Gasteiger partial charge in [0.05, 0.1) is 22.7 Å². The van der Waals surface area contributed by atoms with Gasteiger partial charge in [0.15, 0.2) is 0 Å². The number of nitrogens with zero attached hydrogens (tertiary/aromatic N) is 3. The molecule has 0 unspecified atom stereocenters. The van der Waals surface area contributed by atoms with Crippen LogP contribution in [0.25, 0.3) is 11.0 Å². The Labute approximate surface area is 115 Å². The van der Waals surface area contributed by atoms with E-state index in [0.717, 1.165) is 11.0 Å². The molecule has 0 spiro atoms. The summed E-state index contributed by atoms with van der Waals surface area (Å²) in [6.07, 6.45) is 1.56. The van der Waals surface area contributed by atoms with Crippen LogP contribution in [0.15, 0.2) is 54.9 Å². The predicted molar refractivity (Wildman–Crippen MR) is 74.6 cm³/mol. The monoisotopic (exact) mass is 262 g/mol. The Hall–Kier alpha value is -3.13. The molecule has 1 N–H and O–H groups in total. The lowest BCUT2D eigenvalue weighted by Crippen LogP contribution is -2.21. The second-order valence-electron chi connectivity index (χ2n) is 4.23. The molecule has 0 atom stereocenters. The highest BCUT2D eigenvalue weighted by Crippen LogP contribution is 2.11. The number of fused-ring (bicyclic) bond motifs is 1. The van der Waals surface area contributed by atoms with Gasteiger partial charge in [0.1, 0.15) is 6.33 Å². The lowest BCUT2D eigenvalue weighted by molar-refractivity contribution is 0.101. The summed E-state index contributed by atoms with van der Waals surface area (Å²) in [6.45, 7) is 0. The van der Waals surface area contributed by atoms with Gasteiger partial charge in [-0.25, -0.2) is 9.66 Å². The maximum absolute atomic E-state index is 12.1. The van der Waals surface area contributed by atoms with E-state index in [2.05, 4.69) is 10.4 Å². The van der Waals surface area contributed by atoms with Crippen LogP contribution in [0.2, 0.25) is 0 Å². The van der Waals surface area contributed by atoms with Crippen LogP contribution >= 0.6 is 0 Å². The summed E-state index contributed by atoms with van der Waals surface area (Å²) >= 11 is 0. The molecule has 0 bridgehead atoms. The summed E-state index contributed by atoms with van der Waals surface area (Å²) in [5, 5.41) is 8.73. The van der Waals surface area contributed by atoms with Crippen molar-refractivity contribution in [2.75, 3.05) is 5.43 Å². The number of amides is 1. The highest BCUT2D eigenvalue weighted by atomic mass is 16.2. The van der Waals surface area contributed by atoms with Gasteiger partial charge in [-0.1, -0.05) is 12.1 Å². The standard InChI is InChI=1S/C15H10N4O/c16-9-11-5-7-12(8-6-11)15(20)18-19-10-17-13-3-1-2-4-14(13)19/h1-8,10H,(H,18,20). The van der Waals surface area contributed by atoms with Gasteiger partial charge in [-0.15, -0.1) is 0 Å². The predicted octanol–water partition coefficient (Wildman–Crippen LogP) is 2.29. The molecule has 20 heavy (non-hydrogen) atoms. The smallest absolute Gasteiger partial charge is 0.267 e. The van der Waals surface area contributed by atoms with Crippen molar-refractivity contribution in [1.82, 2.24) is 9.66 Å². The van der Waals surface area contributed by atoms with Gasteiger partial charge >= 0.3 is 0 Å². The van der Waals surface area contributed by atoms with E-state index in [1.807, 2.05) is 30.3 Å². The molecule has 0 aliphatic heterocycles. The number of benzene rings is 2. The Morgan fingerprint density at radius 3 is 2.65 bits per heavy atom. The zero-order chi connectivity index (χ0) is 13.9. The van der Waals surface area contributed by atoms with E-state index in [-0.39, 0.29) is 5.91 Å². The first kappa shape index (κ1) is 11.9. The van der Waals surface area contributed by atoms with Gasteiger partial charge in [-0.2, -0.15) is 5.26 Å². The van der Waals surface area contributed by atoms with Crippen LogP contribution in [0, 0.1) is 11.3 Å². The fourth-order valence-electron chi connectivity index (χ4n) is 1.92. The van der Waals surface area contributed by atoms with Crippen LogP contribution in [0.5, 0.6) is 0 Å². The maximum atomic E-state index is 12.1. The van der Waals surface area contributed by atoms with Crippen LogP contribution in [0.4, 0.5) is 0 Å². The molecular formula is C15H10N4O. The fourth-order valence-corrected chi connectivity index (χ4v) is 1.92. The highest BCUT2D eigenvalue weighted by Gasteiger charge is 2.08. The number of nitriles is 1. The van der Waals surface area contributed by atoms with Crippen molar-refractivity contribution in [2.24, 2.45) is 0 Å². The molecule has 0 radical (unpaired) electrons. The van der Waals surface area contributed by atoms with Crippen molar-refractivity contribution in [3.05, 3.63) is 66.0 Å². The number of aromatic nitrogens is 2. The number of imidazole rings is 1. The maximum Gasteiger partial charge on any atom is 0.270 e. The van der Waals surface area contributed by atoms with Gasteiger partial charge in [0.2, 0.25) is 0 Å². The van der Waals surface area contributed by atoms with E-state index >= 15 is 0 Å². The molecule has 1 heterocycles. The second kappa shape index (κ2) is 4.86. The first-order chi connectivity index (χ1) is 9.78. The molecule has 3 aromatic rings. The molecule has 0 aliphatic rings. The molecule has 0 aliphatic carbocycles. The molecule has 1 amide bonds. The first-order valence-electron chi connectivity index (χ1n) is 6.01. The zero-order valence-corrected chi connectivity index (χ0v) is 10.4. The molecule has 1 aromatic heterocycles. The van der Waals surface area contributed by atoms with Gasteiger partial charge in [0.25, 0.3) is 5.91 Å². The van der Waals surface area contributed by atoms with Crippen molar-refractivity contribution in [2.45, 2.75) is 0 Å². The number of para-hydroxylation sites is 2. The summed E-state index contributed by atoms with van der Waals surface area (Å²) in [5.74, 6) is -0.252.